The smallest absolute Gasteiger partial charge is 0.317 e. The number of carbonyl (C=O) groups is 3. The highest BCUT2D eigenvalue weighted by Crippen LogP contribution is 2.33. The molecule has 0 radical (unpaired) electrons. The lowest BCUT2D eigenvalue weighted by molar-refractivity contribution is -0.139. The Labute approximate surface area is 172 Å². The van der Waals surface area contributed by atoms with Gasteiger partial charge in [-0.15, -0.1) is 0 Å². The monoisotopic (exact) mass is 413 g/mol. The van der Waals surface area contributed by atoms with Crippen molar-refractivity contribution in [3.63, 3.8) is 0 Å². The third kappa shape index (κ3) is 5.02. The Kier molecular flexibility index (Phi) is 6.79. The van der Waals surface area contributed by atoms with E-state index < -0.39 is 23.7 Å². The Hall–Kier alpha value is -3.69. The van der Waals surface area contributed by atoms with Crippen molar-refractivity contribution in [3.05, 3.63) is 48.2 Å². The van der Waals surface area contributed by atoms with Crippen LogP contribution >= 0.6 is 0 Å². The number of aliphatic carboxylic acids is 1. The number of aromatic nitrogens is 1. The fraction of sp³-hybridized carbons (Fsp3) is 0.350. The Morgan fingerprint density at radius 3 is 2.53 bits per heavy atom. The molecule has 1 aromatic carbocycles. The van der Waals surface area contributed by atoms with Crippen LogP contribution in [0.5, 0.6) is 0 Å². The summed E-state index contributed by atoms with van der Waals surface area (Å²) in [6.07, 6.45) is 6.01. The molecule has 0 spiro atoms. The molecule has 3 atom stereocenters. The number of hydrazone groups is 1. The van der Waals surface area contributed by atoms with E-state index in [0.717, 1.165) is 12.0 Å². The van der Waals surface area contributed by atoms with Gasteiger partial charge in [0.2, 0.25) is 17.7 Å². The van der Waals surface area contributed by atoms with E-state index in [9.17, 15) is 19.5 Å². The summed E-state index contributed by atoms with van der Waals surface area (Å²) in [4.78, 5) is 40.7. The topological polar surface area (TPSA) is 160 Å². The van der Waals surface area contributed by atoms with Gasteiger partial charge in [-0.05, 0) is 30.5 Å². The van der Waals surface area contributed by atoms with Gasteiger partial charge in [-0.3, -0.25) is 14.4 Å². The highest BCUT2D eigenvalue weighted by molar-refractivity contribution is 5.96. The van der Waals surface area contributed by atoms with Crippen LogP contribution in [0.1, 0.15) is 36.6 Å². The van der Waals surface area contributed by atoms with Crippen LogP contribution in [0.4, 0.5) is 5.69 Å². The number of rotatable bonds is 8. The van der Waals surface area contributed by atoms with Crippen LogP contribution in [0.3, 0.4) is 0 Å². The van der Waals surface area contributed by atoms with Gasteiger partial charge in [0.25, 0.3) is 0 Å². The van der Waals surface area contributed by atoms with Gasteiger partial charge in [-0.1, -0.05) is 18.6 Å². The predicted molar refractivity (Wildman–Crippen MR) is 108 cm³/mol. The molecule has 5 N–H and O–H groups in total. The van der Waals surface area contributed by atoms with E-state index in [4.69, 9.17) is 10.3 Å². The minimum Gasteiger partial charge on any atom is -0.481 e. The number of carboxylic acids is 1. The number of benzene rings is 1. The van der Waals surface area contributed by atoms with Gasteiger partial charge in [0, 0.05) is 24.1 Å². The van der Waals surface area contributed by atoms with Gasteiger partial charge in [0.1, 0.15) is 6.26 Å². The number of nitrogens with zero attached hydrogens (tertiary/aromatic N) is 2. The molecule has 158 valence electrons. The lowest BCUT2D eigenvalue weighted by Gasteiger charge is -2.19. The molecule has 1 heterocycles. The number of nitrogens with one attached hydrogen (secondary N) is 2. The van der Waals surface area contributed by atoms with Gasteiger partial charge in [-0.25, -0.2) is 4.98 Å². The van der Waals surface area contributed by atoms with Crippen LogP contribution < -0.4 is 16.5 Å². The van der Waals surface area contributed by atoms with Gasteiger partial charge in [-0.2, -0.15) is 5.10 Å². The van der Waals surface area contributed by atoms with Crippen molar-refractivity contribution < 1.29 is 23.9 Å². The lowest BCUT2D eigenvalue weighted by atomic mass is 9.94. The van der Waals surface area contributed by atoms with E-state index in [2.05, 4.69) is 20.7 Å². The highest BCUT2D eigenvalue weighted by atomic mass is 16.4. The minimum absolute atomic E-state index is 0.0200. The normalized spacial score (nSPS) is 19.5. The zero-order chi connectivity index (χ0) is 21.5. The average molecular weight is 413 g/mol. The first kappa shape index (κ1) is 21.0. The van der Waals surface area contributed by atoms with Gasteiger partial charge < -0.3 is 26.0 Å². The fourth-order valence-corrected chi connectivity index (χ4v) is 3.58. The first-order valence-corrected chi connectivity index (χ1v) is 9.53. The fourth-order valence-electron chi connectivity index (χ4n) is 3.58. The second-order valence-electron chi connectivity index (χ2n) is 7.04. The first-order chi connectivity index (χ1) is 14.5. The van der Waals surface area contributed by atoms with E-state index in [1.807, 2.05) is 0 Å². The molecule has 1 aliphatic carbocycles. The Morgan fingerprint density at radius 2 is 1.93 bits per heavy atom. The summed E-state index contributed by atoms with van der Waals surface area (Å²) >= 11 is 0. The maximum absolute atomic E-state index is 12.7. The van der Waals surface area contributed by atoms with Crippen molar-refractivity contribution in [1.29, 1.82) is 0 Å². The maximum Gasteiger partial charge on any atom is 0.317 e. The van der Waals surface area contributed by atoms with Crippen molar-refractivity contribution in [3.8, 4) is 0 Å². The Morgan fingerprint density at radius 1 is 1.23 bits per heavy atom. The molecular formula is C20H23N5O5. The summed E-state index contributed by atoms with van der Waals surface area (Å²) in [5, 5.41) is 18.3. The molecule has 1 saturated carbocycles. The third-order valence-corrected chi connectivity index (χ3v) is 5.12. The summed E-state index contributed by atoms with van der Waals surface area (Å²) < 4.78 is 5.04. The molecule has 2 aromatic rings. The molecule has 0 aliphatic heterocycles. The van der Waals surface area contributed by atoms with Crippen LogP contribution in [0.2, 0.25) is 0 Å². The first-order valence-electron chi connectivity index (χ1n) is 9.53. The molecule has 1 aliphatic rings. The van der Waals surface area contributed by atoms with Crippen molar-refractivity contribution >= 4 is 29.7 Å². The number of oxazole rings is 1. The Bertz CT molecular complexity index is 910. The average Bonchev–Trinajstić information content (AvgIpc) is 3.41. The molecule has 0 bridgehead atoms. The van der Waals surface area contributed by atoms with E-state index in [0.29, 0.717) is 18.5 Å². The lowest BCUT2D eigenvalue weighted by Crippen LogP contribution is -2.40. The number of nitrogens with two attached hydrogens (primary N) is 1. The van der Waals surface area contributed by atoms with Gasteiger partial charge in [0.15, 0.2) is 5.92 Å². The van der Waals surface area contributed by atoms with Crippen molar-refractivity contribution in [1.82, 2.24) is 10.3 Å². The molecule has 10 nitrogen and oxygen atoms in total. The molecular weight excluding hydrogens is 390 g/mol. The summed E-state index contributed by atoms with van der Waals surface area (Å²) in [5.74, 6) is 1.30. The second-order valence-corrected chi connectivity index (χ2v) is 7.04. The van der Waals surface area contributed by atoms with Crippen LogP contribution in [0.25, 0.3) is 0 Å². The van der Waals surface area contributed by atoms with E-state index in [1.165, 1.54) is 18.7 Å². The number of anilines is 1. The van der Waals surface area contributed by atoms with Crippen LogP contribution in [-0.4, -0.2) is 40.6 Å². The summed E-state index contributed by atoms with van der Waals surface area (Å²) in [5.41, 5.74) is 1.41. The SMILES string of the molecule is NN=Cc1ccc(NC(=O)C2CCCC2C(=O)NCC(C(=O)O)c2ncco2)cc1. The van der Waals surface area contributed by atoms with E-state index >= 15 is 0 Å². The molecule has 1 fully saturated rings. The summed E-state index contributed by atoms with van der Waals surface area (Å²) in [7, 11) is 0. The molecule has 1 aromatic heterocycles. The zero-order valence-electron chi connectivity index (χ0n) is 16.2. The van der Waals surface area contributed by atoms with Crippen molar-refractivity contribution in [2.45, 2.75) is 25.2 Å². The molecule has 0 saturated heterocycles. The van der Waals surface area contributed by atoms with Crippen LogP contribution in [0.15, 0.2) is 46.2 Å². The highest BCUT2D eigenvalue weighted by Gasteiger charge is 2.38. The zero-order valence-corrected chi connectivity index (χ0v) is 16.2. The van der Waals surface area contributed by atoms with Crippen molar-refractivity contribution in [2.75, 3.05) is 11.9 Å². The molecule has 3 unspecified atom stereocenters. The maximum atomic E-state index is 12.7. The number of hydrogen-bond donors (Lipinski definition) is 4. The summed E-state index contributed by atoms with van der Waals surface area (Å²) in [6, 6.07) is 6.98. The van der Waals surface area contributed by atoms with Crippen molar-refractivity contribution in [2.24, 2.45) is 22.8 Å². The third-order valence-electron chi connectivity index (χ3n) is 5.12. The molecule has 2 amide bonds. The standard InChI is InChI=1S/C20H23N5O5/c21-24-10-12-4-6-13(7-5-12)25-18(27)15-3-1-2-14(15)17(26)23-11-16(20(28)29)19-22-8-9-30-19/h4-10,14-16H,1-3,11,21H2,(H,23,26)(H,25,27)(H,28,29). The molecule has 30 heavy (non-hydrogen) atoms. The predicted octanol–water partition coefficient (Wildman–Crippen LogP) is 1.31. The second kappa shape index (κ2) is 9.68. The number of carboxylic acid groups (broad SMARTS) is 1. The largest absolute Gasteiger partial charge is 0.481 e. The van der Waals surface area contributed by atoms with Gasteiger partial charge in [0.05, 0.1) is 12.4 Å². The Balaban J connectivity index is 1.59. The minimum atomic E-state index is -1.15. The van der Waals surface area contributed by atoms with E-state index in [1.54, 1.807) is 24.3 Å². The van der Waals surface area contributed by atoms with E-state index in [-0.39, 0.29) is 24.2 Å². The number of hydrogen-bond acceptors (Lipinski definition) is 7. The molecule has 3 rings (SSSR count). The quantitative estimate of drug-likeness (QED) is 0.288. The van der Waals surface area contributed by atoms with Gasteiger partial charge >= 0.3 is 5.97 Å². The van der Waals surface area contributed by atoms with Crippen LogP contribution in [-0.2, 0) is 14.4 Å². The molecule has 10 heteroatoms. The summed E-state index contributed by atoms with van der Waals surface area (Å²) in [6.45, 7) is -0.163. The van der Waals surface area contributed by atoms with Crippen LogP contribution in [0, 0.1) is 11.8 Å². The number of amides is 2. The number of carbonyl (C=O) groups excluding carboxylic acids is 2.